The van der Waals surface area contributed by atoms with Gasteiger partial charge >= 0.3 is 0 Å². The van der Waals surface area contributed by atoms with Crippen molar-refractivity contribution >= 4 is 5.91 Å². The van der Waals surface area contributed by atoms with Crippen molar-refractivity contribution in [3.63, 3.8) is 0 Å². The molecule has 146 valence electrons. The number of aryl methyl sites for hydroxylation is 1. The second-order valence-corrected chi connectivity index (χ2v) is 6.26. The smallest absolute Gasteiger partial charge is 0.220 e. The molecule has 26 heavy (non-hydrogen) atoms. The van der Waals surface area contributed by atoms with Crippen LogP contribution in [-0.2, 0) is 20.7 Å². The van der Waals surface area contributed by atoms with Gasteiger partial charge in [0.15, 0.2) is 6.29 Å². The van der Waals surface area contributed by atoms with Crippen molar-refractivity contribution in [3.05, 3.63) is 35.9 Å². The summed E-state index contributed by atoms with van der Waals surface area (Å²) in [5, 5.41) is 41.0. The van der Waals surface area contributed by atoms with Crippen LogP contribution in [0, 0.1) is 0 Å². The molecular formula is C18H27NO7. The summed E-state index contributed by atoms with van der Waals surface area (Å²) in [5.74, 6) is -0.0988. The number of rotatable bonds is 9. The van der Waals surface area contributed by atoms with Gasteiger partial charge in [-0.25, -0.2) is 0 Å². The number of aliphatic hydroxyl groups excluding tert-OH is 4. The molecule has 1 amide bonds. The Kier molecular flexibility index (Phi) is 8.43. The molecule has 5 atom stereocenters. The van der Waals surface area contributed by atoms with E-state index in [0.717, 1.165) is 12.8 Å². The number of carbonyl (C=O) groups excluding carboxylic acids is 1. The lowest BCUT2D eigenvalue weighted by Crippen LogP contribution is -2.59. The van der Waals surface area contributed by atoms with E-state index in [0.29, 0.717) is 6.42 Å². The van der Waals surface area contributed by atoms with Crippen LogP contribution in [-0.4, -0.2) is 76.8 Å². The molecule has 0 saturated carbocycles. The van der Waals surface area contributed by atoms with E-state index in [1.807, 2.05) is 30.3 Å². The van der Waals surface area contributed by atoms with Crippen molar-refractivity contribution in [1.82, 2.24) is 5.32 Å². The summed E-state index contributed by atoms with van der Waals surface area (Å²) >= 11 is 0. The van der Waals surface area contributed by atoms with Crippen LogP contribution in [0.3, 0.4) is 0 Å². The molecule has 1 saturated heterocycles. The van der Waals surface area contributed by atoms with E-state index in [1.165, 1.54) is 5.56 Å². The van der Waals surface area contributed by atoms with Crippen LogP contribution in [0.4, 0.5) is 0 Å². The van der Waals surface area contributed by atoms with Gasteiger partial charge in [-0.3, -0.25) is 4.79 Å². The van der Waals surface area contributed by atoms with Gasteiger partial charge in [0.2, 0.25) is 5.91 Å². The number of carbonyl (C=O) groups is 1. The lowest BCUT2D eigenvalue weighted by Gasteiger charge is -2.39. The van der Waals surface area contributed by atoms with Crippen LogP contribution in [0.25, 0.3) is 0 Å². The number of hydrogen-bond donors (Lipinski definition) is 5. The second-order valence-electron chi connectivity index (χ2n) is 6.26. The summed E-state index contributed by atoms with van der Waals surface area (Å²) in [6.07, 6.45) is -4.55. The van der Waals surface area contributed by atoms with Crippen LogP contribution in [0.5, 0.6) is 0 Å². The SMILES string of the molecule is O=C(CCCc1ccccc1)NCCO[C@H]1O[C@H](CO)[C@H](O)[C@H](O)[C@H]1O. The number of ether oxygens (including phenoxy) is 2. The Morgan fingerprint density at radius 3 is 2.54 bits per heavy atom. The summed E-state index contributed by atoms with van der Waals surface area (Å²) in [7, 11) is 0. The van der Waals surface area contributed by atoms with Crippen LogP contribution in [0.15, 0.2) is 30.3 Å². The van der Waals surface area contributed by atoms with Crippen molar-refractivity contribution in [2.45, 2.75) is 50.0 Å². The first-order valence-corrected chi connectivity index (χ1v) is 8.75. The average molecular weight is 369 g/mol. The molecule has 0 radical (unpaired) electrons. The van der Waals surface area contributed by atoms with E-state index in [2.05, 4.69) is 5.32 Å². The second kappa shape index (κ2) is 10.6. The van der Waals surface area contributed by atoms with Crippen LogP contribution in [0.2, 0.25) is 0 Å². The maximum atomic E-state index is 11.8. The maximum absolute atomic E-state index is 11.8. The van der Waals surface area contributed by atoms with Gasteiger partial charge in [0.05, 0.1) is 13.2 Å². The zero-order valence-corrected chi connectivity index (χ0v) is 14.5. The average Bonchev–Trinajstić information content (AvgIpc) is 2.66. The Labute approximate surface area is 152 Å². The van der Waals surface area contributed by atoms with Gasteiger partial charge in [-0.1, -0.05) is 30.3 Å². The molecule has 2 rings (SSSR count). The van der Waals surface area contributed by atoms with Crippen LogP contribution in [0.1, 0.15) is 18.4 Å². The van der Waals surface area contributed by atoms with E-state index in [4.69, 9.17) is 14.6 Å². The number of hydrogen-bond acceptors (Lipinski definition) is 7. The first kappa shape index (κ1) is 20.8. The highest BCUT2D eigenvalue weighted by Crippen LogP contribution is 2.21. The molecule has 0 aromatic heterocycles. The molecule has 8 heteroatoms. The van der Waals surface area contributed by atoms with Crippen LogP contribution < -0.4 is 5.32 Å². The highest BCUT2D eigenvalue weighted by atomic mass is 16.7. The summed E-state index contributed by atoms with van der Waals surface area (Å²) < 4.78 is 10.5. The Balaban J connectivity index is 1.61. The Hall–Kier alpha value is -1.55. The Morgan fingerprint density at radius 2 is 1.85 bits per heavy atom. The largest absolute Gasteiger partial charge is 0.394 e. The zero-order valence-electron chi connectivity index (χ0n) is 14.5. The minimum atomic E-state index is -1.47. The van der Waals surface area contributed by atoms with Gasteiger partial charge in [-0.2, -0.15) is 0 Å². The minimum Gasteiger partial charge on any atom is -0.394 e. The molecule has 1 heterocycles. The van der Waals surface area contributed by atoms with Crippen molar-refractivity contribution in [2.75, 3.05) is 19.8 Å². The Morgan fingerprint density at radius 1 is 1.12 bits per heavy atom. The standard InChI is InChI=1S/C18H27NO7/c20-11-13-15(22)16(23)17(24)18(26-13)25-10-9-19-14(21)8-4-7-12-5-2-1-3-6-12/h1-3,5-6,13,15-18,20,22-24H,4,7-11H2,(H,19,21)/t13-,15+,16+,17-,18+/m1/s1. The molecule has 1 aliphatic rings. The number of amides is 1. The fourth-order valence-corrected chi connectivity index (χ4v) is 2.76. The highest BCUT2D eigenvalue weighted by molar-refractivity contribution is 5.75. The number of aliphatic hydroxyl groups is 4. The molecule has 0 bridgehead atoms. The third-order valence-corrected chi connectivity index (χ3v) is 4.27. The number of benzene rings is 1. The lowest BCUT2D eigenvalue weighted by atomic mass is 9.99. The van der Waals surface area contributed by atoms with Crippen molar-refractivity contribution in [1.29, 1.82) is 0 Å². The summed E-state index contributed by atoms with van der Waals surface area (Å²) in [6.45, 7) is -0.227. The molecule has 1 aliphatic heterocycles. The van der Waals surface area contributed by atoms with Gasteiger partial charge in [0.25, 0.3) is 0 Å². The molecule has 8 nitrogen and oxygen atoms in total. The van der Waals surface area contributed by atoms with E-state index in [-0.39, 0.29) is 19.1 Å². The molecule has 0 unspecified atom stereocenters. The molecule has 1 fully saturated rings. The summed E-state index contributed by atoms with van der Waals surface area (Å²) in [5.41, 5.74) is 1.19. The van der Waals surface area contributed by atoms with E-state index in [9.17, 15) is 20.1 Å². The lowest BCUT2D eigenvalue weighted by molar-refractivity contribution is -0.300. The summed E-state index contributed by atoms with van der Waals surface area (Å²) in [6, 6.07) is 9.92. The summed E-state index contributed by atoms with van der Waals surface area (Å²) in [4.78, 5) is 11.8. The predicted octanol–water partition coefficient (Wildman–Crippen LogP) is -1.06. The maximum Gasteiger partial charge on any atom is 0.220 e. The highest BCUT2D eigenvalue weighted by Gasteiger charge is 2.43. The Bertz CT molecular complexity index is 540. The molecule has 1 aromatic rings. The van der Waals surface area contributed by atoms with Gasteiger partial charge in [0.1, 0.15) is 24.4 Å². The van der Waals surface area contributed by atoms with E-state index in [1.54, 1.807) is 0 Å². The van der Waals surface area contributed by atoms with Crippen molar-refractivity contribution in [3.8, 4) is 0 Å². The molecule has 0 spiro atoms. The van der Waals surface area contributed by atoms with E-state index < -0.39 is 37.3 Å². The van der Waals surface area contributed by atoms with Gasteiger partial charge in [-0.15, -0.1) is 0 Å². The molecule has 5 N–H and O–H groups in total. The zero-order chi connectivity index (χ0) is 18.9. The van der Waals surface area contributed by atoms with Crippen molar-refractivity contribution < 1.29 is 34.7 Å². The van der Waals surface area contributed by atoms with Crippen molar-refractivity contribution in [2.24, 2.45) is 0 Å². The molecular weight excluding hydrogens is 342 g/mol. The fraction of sp³-hybridized carbons (Fsp3) is 0.611. The van der Waals surface area contributed by atoms with Crippen LogP contribution >= 0.6 is 0 Å². The monoisotopic (exact) mass is 369 g/mol. The number of nitrogens with one attached hydrogen (secondary N) is 1. The van der Waals surface area contributed by atoms with Gasteiger partial charge < -0.3 is 35.2 Å². The first-order valence-electron chi connectivity index (χ1n) is 8.75. The van der Waals surface area contributed by atoms with Gasteiger partial charge in [-0.05, 0) is 18.4 Å². The quantitative estimate of drug-likeness (QED) is 0.351. The third-order valence-electron chi connectivity index (χ3n) is 4.27. The molecule has 1 aromatic carbocycles. The normalized spacial score (nSPS) is 28.7. The minimum absolute atomic E-state index is 0.0626. The predicted molar refractivity (Wildman–Crippen MR) is 92.1 cm³/mol. The van der Waals surface area contributed by atoms with E-state index >= 15 is 0 Å². The third kappa shape index (κ3) is 6.01. The fourth-order valence-electron chi connectivity index (χ4n) is 2.76. The molecule has 0 aliphatic carbocycles. The van der Waals surface area contributed by atoms with Gasteiger partial charge in [0, 0.05) is 13.0 Å². The first-order chi connectivity index (χ1) is 12.5. The topological polar surface area (TPSA) is 128 Å².